The molecule has 0 unspecified atom stereocenters. The molecule has 0 atom stereocenters. The number of hydrogen-bond acceptors (Lipinski definition) is 3. The Morgan fingerprint density at radius 3 is 2.76 bits per heavy atom. The Bertz CT molecular complexity index is 1090. The number of halogens is 1. The number of benzene rings is 2. The summed E-state index contributed by atoms with van der Waals surface area (Å²) in [6.07, 6.45) is 4.15. The lowest BCUT2D eigenvalue weighted by molar-refractivity contribution is 0.307. The van der Waals surface area contributed by atoms with Gasteiger partial charge < -0.3 is 4.74 Å². The van der Waals surface area contributed by atoms with E-state index in [0.29, 0.717) is 6.61 Å². The smallest absolute Gasteiger partial charge is 0.212 e. The molecule has 0 fully saturated rings. The Hall–Kier alpha value is -3.21. The topological polar surface area (TPSA) is 39.9 Å². The van der Waals surface area contributed by atoms with Crippen LogP contribution in [0.4, 0.5) is 4.39 Å². The zero-order valence-corrected chi connectivity index (χ0v) is 13.3. The Kier molecular flexibility index (Phi) is 3.06. The van der Waals surface area contributed by atoms with Gasteiger partial charge in [0.2, 0.25) is 5.95 Å². The highest BCUT2D eigenvalue weighted by atomic mass is 19.1. The number of ether oxygens (including phenoxy) is 1. The van der Waals surface area contributed by atoms with Gasteiger partial charge in [0.15, 0.2) is 0 Å². The first kappa shape index (κ1) is 14.2. The van der Waals surface area contributed by atoms with Gasteiger partial charge in [0.25, 0.3) is 0 Å². The Balaban J connectivity index is 1.64. The molecule has 0 radical (unpaired) electrons. The Morgan fingerprint density at radius 1 is 0.960 bits per heavy atom. The van der Waals surface area contributed by atoms with Gasteiger partial charge in [0, 0.05) is 11.8 Å². The average Bonchev–Trinajstić information content (AvgIpc) is 2.94. The fraction of sp³-hybridized carbons (Fsp3) is 0.100. The summed E-state index contributed by atoms with van der Waals surface area (Å²) in [5.74, 6) is 0.437. The highest BCUT2D eigenvalue weighted by Gasteiger charge is 2.16. The lowest BCUT2D eigenvalue weighted by atomic mass is 9.99. The summed E-state index contributed by atoms with van der Waals surface area (Å²) in [6.45, 7) is 0.523. The minimum atomic E-state index is -0.500. The highest BCUT2D eigenvalue weighted by molar-refractivity contribution is 5.82. The van der Waals surface area contributed by atoms with Gasteiger partial charge in [0.05, 0.1) is 23.6 Å². The van der Waals surface area contributed by atoms with E-state index in [0.717, 1.165) is 34.3 Å². The normalized spacial score (nSPS) is 13.0. The Morgan fingerprint density at radius 2 is 1.88 bits per heavy atom. The molecule has 0 amide bonds. The first-order valence-corrected chi connectivity index (χ1v) is 8.10. The van der Waals surface area contributed by atoms with Crippen molar-refractivity contribution in [2.45, 2.75) is 13.0 Å². The van der Waals surface area contributed by atoms with Crippen molar-refractivity contribution in [3.8, 4) is 11.4 Å². The van der Waals surface area contributed by atoms with Crippen molar-refractivity contribution < 1.29 is 9.13 Å². The highest BCUT2D eigenvalue weighted by Crippen LogP contribution is 2.31. The molecule has 25 heavy (non-hydrogen) atoms. The van der Waals surface area contributed by atoms with Crippen molar-refractivity contribution in [2.24, 2.45) is 0 Å². The molecule has 0 bridgehead atoms. The van der Waals surface area contributed by atoms with Gasteiger partial charge in [-0.05, 0) is 47.0 Å². The maximum Gasteiger partial charge on any atom is 0.212 e. The number of pyridine rings is 1. The number of para-hydroxylation sites is 1. The molecule has 3 heterocycles. The molecule has 4 aromatic rings. The van der Waals surface area contributed by atoms with E-state index in [1.54, 1.807) is 10.7 Å². The van der Waals surface area contributed by atoms with Crippen LogP contribution in [0.2, 0.25) is 0 Å². The molecule has 0 saturated carbocycles. The average molecular weight is 331 g/mol. The van der Waals surface area contributed by atoms with E-state index in [2.05, 4.69) is 28.3 Å². The molecule has 5 rings (SSSR count). The van der Waals surface area contributed by atoms with Gasteiger partial charge in [-0.3, -0.25) is 0 Å². The van der Waals surface area contributed by atoms with Crippen molar-refractivity contribution in [1.29, 1.82) is 0 Å². The lowest BCUT2D eigenvalue weighted by Gasteiger charge is -2.08. The summed E-state index contributed by atoms with van der Waals surface area (Å²) in [6, 6.07) is 15.4. The van der Waals surface area contributed by atoms with Crippen LogP contribution in [0, 0.1) is 5.95 Å². The molecule has 0 saturated heterocycles. The van der Waals surface area contributed by atoms with Crippen molar-refractivity contribution in [3.05, 3.63) is 83.6 Å². The summed E-state index contributed by atoms with van der Waals surface area (Å²) in [4.78, 5) is 3.72. The van der Waals surface area contributed by atoms with Gasteiger partial charge in [0.1, 0.15) is 12.4 Å². The van der Waals surface area contributed by atoms with E-state index in [4.69, 9.17) is 4.74 Å². The summed E-state index contributed by atoms with van der Waals surface area (Å²) in [5, 5.41) is 5.49. The van der Waals surface area contributed by atoms with Crippen LogP contribution in [0.3, 0.4) is 0 Å². The zero-order chi connectivity index (χ0) is 16.8. The first-order valence-electron chi connectivity index (χ1n) is 8.10. The third kappa shape index (κ3) is 2.36. The van der Waals surface area contributed by atoms with Crippen molar-refractivity contribution >= 4 is 10.9 Å². The number of rotatable bonds is 1. The minimum absolute atomic E-state index is 0.500. The van der Waals surface area contributed by atoms with Gasteiger partial charge >= 0.3 is 0 Å². The van der Waals surface area contributed by atoms with Crippen molar-refractivity contribution in [3.63, 3.8) is 0 Å². The van der Waals surface area contributed by atoms with Crippen LogP contribution in [0.25, 0.3) is 16.6 Å². The maximum atomic E-state index is 13.1. The fourth-order valence-electron chi connectivity index (χ4n) is 3.31. The monoisotopic (exact) mass is 331 g/mol. The fourth-order valence-corrected chi connectivity index (χ4v) is 3.31. The van der Waals surface area contributed by atoms with E-state index >= 15 is 0 Å². The summed E-state index contributed by atoms with van der Waals surface area (Å²) >= 11 is 0. The van der Waals surface area contributed by atoms with E-state index < -0.39 is 5.95 Å². The standard InChI is InChI=1S/C20H14FN3O/c21-20-6-5-17(11-22-20)24-18-9-16-12-25-19-4-2-1-3-13(19)7-14(16)8-15(18)10-23-24/h1-6,8-11H,7,12H2. The second kappa shape index (κ2) is 5.41. The number of hydrogen-bond donors (Lipinski definition) is 0. The SMILES string of the molecule is Fc1ccc(-n2ncc3cc4c(cc32)COc2ccccc2C4)cn1. The van der Waals surface area contributed by atoms with E-state index in [-0.39, 0.29) is 0 Å². The molecule has 0 spiro atoms. The molecule has 1 aliphatic heterocycles. The molecule has 0 aliphatic carbocycles. The number of fused-ring (bicyclic) bond motifs is 3. The molecular formula is C20H14FN3O. The summed E-state index contributed by atoms with van der Waals surface area (Å²) in [5.41, 5.74) is 5.27. The summed E-state index contributed by atoms with van der Waals surface area (Å²) in [7, 11) is 0. The predicted octanol–water partition coefficient (Wildman–Crippen LogP) is 4.04. The molecule has 2 aromatic carbocycles. The second-order valence-corrected chi connectivity index (χ2v) is 6.15. The van der Waals surface area contributed by atoms with Crippen LogP contribution in [0.5, 0.6) is 5.75 Å². The lowest BCUT2D eigenvalue weighted by Crippen LogP contribution is -2.00. The van der Waals surface area contributed by atoms with E-state index in [1.807, 2.05) is 24.4 Å². The molecule has 2 aromatic heterocycles. The second-order valence-electron chi connectivity index (χ2n) is 6.15. The van der Waals surface area contributed by atoms with Crippen LogP contribution < -0.4 is 4.74 Å². The van der Waals surface area contributed by atoms with E-state index in [1.165, 1.54) is 23.4 Å². The van der Waals surface area contributed by atoms with Crippen LogP contribution in [-0.4, -0.2) is 14.8 Å². The zero-order valence-electron chi connectivity index (χ0n) is 13.3. The first-order chi connectivity index (χ1) is 12.3. The van der Waals surface area contributed by atoms with Crippen LogP contribution >= 0.6 is 0 Å². The maximum absolute atomic E-state index is 13.1. The predicted molar refractivity (Wildman–Crippen MR) is 92.4 cm³/mol. The third-order valence-electron chi connectivity index (χ3n) is 4.58. The van der Waals surface area contributed by atoms with Gasteiger partial charge in [-0.1, -0.05) is 18.2 Å². The largest absolute Gasteiger partial charge is 0.489 e. The molecular weight excluding hydrogens is 317 g/mol. The van der Waals surface area contributed by atoms with Crippen molar-refractivity contribution in [2.75, 3.05) is 0 Å². The quantitative estimate of drug-likeness (QED) is 0.494. The van der Waals surface area contributed by atoms with Crippen LogP contribution in [0.1, 0.15) is 16.7 Å². The third-order valence-corrected chi connectivity index (χ3v) is 4.58. The minimum Gasteiger partial charge on any atom is -0.489 e. The molecule has 0 N–H and O–H groups in total. The molecule has 1 aliphatic rings. The molecule has 5 heteroatoms. The molecule has 122 valence electrons. The summed E-state index contributed by atoms with van der Waals surface area (Å²) < 4.78 is 20.8. The van der Waals surface area contributed by atoms with Gasteiger partial charge in [-0.15, -0.1) is 0 Å². The number of aromatic nitrogens is 3. The van der Waals surface area contributed by atoms with Crippen LogP contribution in [-0.2, 0) is 13.0 Å². The van der Waals surface area contributed by atoms with Gasteiger partial charge in [-0.25, -0.2) is 9.67 Å². The van der Waals surface area contributed by atoms with Crippen LogP contribution in [0.15, 0.2) is 60.9 Å². The van der Waals surface area contributed by atoms with Gasteiger partial charge in [-0.2, -0.15) is 9.49 Å². The van der Waals surface area contributed by atoms with E-state index in [9.17, 15) is 4.39 Å². The van der Waals surface area contributed by atoms with Crippen molar-refractivity contribution in [1.82, 2.24) is 14.8 Å². The molecule has 4 nitrogen and oxygen atoms in total. The number of nitrogens with zero attached hydrogens (tertiary/aromatic N) is 3. The Labute approximate surface area is 143 Å².